The quantitative estimate of drug-likeness (QED) is 0.396. The van der Waals surface area contributed by atoms with Crippen LogP contribution in [0.15, 0.2) is 18.7 Å². The molecule has 2 fully saturated rings. The Labute approximate surface area is 177 Å². The van der Waals surface area contributed by atoms with Crippen LogP contribution in [-0.2, 0) is 18.3 Å². The van der Waals surface area contributed by atoms with E-state index in [-0.39, 0.29) is 24.9 Å². The Hall–Kier alpha value is -3.09. The van der Waals surface area contributed by atoms with Crippen molar-refractivity contribution in [2.45, 2.75) is 49.7 Å². The highest BCUT2D eigenvalue weighted by Gasteiger charge is 2.40. The van der Waals surface area contributed by atoms with Crippen molar-refractivity contribution in [3.63, 3.8) is 0 Å². The molecule has 1 aliphatic heterocycles. The van der Waals surface area contributed by atoms with Gasteiger partial charge in [0.05, 0.1) is 31.2 Å². The van der Waals surface area contributed by atoms with Crippen LogP contribution in [0, 0.1) is 0 Å². The third kappa shape index (κ3) is 3.62. The molecule has 1 saturated heterocycles. The van der Waals surface area contributed by atoms with Crippen LogP contribution in [0.25, 0.3) is 11.2 Å². The van der Waals surface area contributed by atoms with Gasteiger partial charge in [0.1, 0.15) is 35.8 Å². The fourth-order valence-electron chi connectivity index (χ4n) is 3.96. The third-order valence-electron chi connectivity index (χ3n) is 5.89. The maximum atomic E-state index is 12.7. The second kappa shape index (κ2) is 7.55. The smallest absolute Gasteiger partial charge is 0.269 e. The average Bonchev–Trinajstić information content (AvgIpc) is 3.40. The molecule has 12 nitrogen and oxygen atoms in total. The van der Waals surface area contributed by atoms with E-state index in [9.17, 15) is 15.0 Å². The molecule has 4 heterocycles. The lowest BCUT2D eigenvalue weighted by Gasteiger charge is -2.38. The molecule has 3 aromatic rings. The Kier molecular flexibility index (Phi) is 4.84. The summed E-state index contributed by atoms with van der Waals surface area (Å²) in [6.07, 6.45) is 1.88. The maximum Gasteiger partial charge on any atom is 0.269 e. The van der Waals surface area contributed by atoms with Crippen molar-refractivity contribution in [2.75, 3.05) is 12.3 Å². The van der Waals surface area contributed by atoms with Crippen molar-refractivity contribution in [2.24, 2.45) is 7.05 Å². The number of amides is 1. The van der Waals surface area contributed by atoms with Gasteiger partial charge in [0.15, 0.2) is 11.5 Å². The van der Waals surface area contributed by atoms with Gasteiger partial charge in [-0.1, -0.05) is 0 Å². The first-order valence-electron chi connectivity index (χ1n) is 10.2. The zero-order chi connectivity index (χ0) is 21.7. The van der Waals surface area contributed by atoms with Gasteiger partial charge >= 0.3 is 0 Å². The van der Waals surface area contributed by atoms with Crippen molar-refractivity contribution in [1.82, 2.24) is 34.6 Å². The summed E-state index contributed by atoms with van der Waals surface area (Å²) < 4.78 is 8.99. The normalized spacial score (nSPS) is 26.3. The van der Waals surface area contributed by atoms with Crippen molar-refractivity contribution in [3.8, 4) is 0 Å². The molecule has 12 heteroatoms. The van der Waals surface area contributed by atoms with Gasteiger partial charge in [0, 0.05) is 13.0 Å². The van der Waals surface area contributed by atoms with Gasteiger partial charge in [0.2, 0.25) is 0 Å². The molecule has 1 amide bonds. The number of aryl methyl sites for hydroxylation is 1. The molecule has 4 atom stereocenters. The number of hydrogen-bond donors (Lipinski definition) is 4. The Balaban J connectivity index is 1.26. The lowest BCUT2D eigenvalue weighted by molar-refractivity contribution is -0.152. The van der Waals surface area contributed by atoms with Crippen molar-refractivity contribution in [1.29, 1.82) is 0 Å². The number of nitrogens with two attached hydrogens (primary N) is 1. The first-order chi connectivity index (χ1) is 14.9. The summed E-state index contributed by atoms with van der Waals surface area (Å²) in [6.45, 7) is 0.236. The van der Waals surface area contributed by atoms with Gasteiger partial charge in [-0.3, -0.25) is 9.48 Å². The number of nitrogens with zero attached hydrogens (tertiary/aromatic N) is 6. The number of aliphatic hydroxyl groups excluding tert-OH is 2. The zero-order valence-electron chi connectivity index (χ0n) is 16.9. The van der Waals surface area contributed by atoms with Crippen molar-refractivity contribution >= 4 is 22.9 Å². The van der Waals surface area contributed by atoms with E-state index in [2.05, 4.69) is 25.4 Å². The van der Waals surface area contributed by atoms with E-state index in [0.717, 1.165) is 18.5 Å². The molecular weight excluding hydrogens is 404 g/mol. The first-order valence-corrected chi connectivity index (χ1v) is 10.2. The number of nitrogens with one attached hydrogen (secondary N) is 1. The van der Waals surface area contributed by atoms with Crippen LogP contribution in [0.1, 0.15) is 34.9 Å². The minimum absolute atomic E-state index is 0.0422. The molecule has 1 aliphatic carbocycles. The van der Waals surface area contributed by atoms with Crippen LogP contribution < -0.4 is 11.1 Å². The van der Waals surface area contributed by atoms with Gasteiger partial charge in [-0.15, -0.1) is 0 Å². The number of ether oxygens (including phenoxy) is 1. The molecule has 164 valence electrons. The van der Waals surface area contributed by atoms with E-state index in [1.54, 1.807) is 17.7 Å². The first kappa shape index (κ1) is 19.8. The third-order valence-corrected chi connectivity index (χ3v) is 5.89. The van der Waals surface area contributed by atoms with E-state index in [1.165, 1.54) is 17.3 Å². The number of aromatic nitrogens is 6. The second-order valence-corrected chi connectivity index (χ2v) is 8.11. The molecule has 0 aromatic carbocycles. The van der Waals surface area contributed by atoms with Crippen molar-refractivity contribution < 1.29 is 19.7 Å². The van der Waals surface area contributed by atoms with Crippen LogP contribution in [0.3, 0.4) is 0 Å². The average molecular weight is 428 g/mol. The standard InChI is InChI=1S/C19H24N8O4/c1-26-12(4-10(25-26)9-2-3-9)19(30)24-11-6-31-13(16(29)15(11)28)5-27-8-23-18-14(27)17(20)21-7-22-18/h4,7-9,11,13,15-16,28-29H,2-3,5-6H2,1H3,(H,24,30)(H2,20,21,22)/t11-,13-,15+,16-/m1/s1. The van der Waals surface area contributed by atoms with E-state index in [4.69, 9.17) is 10.5 Å². The minimum Gasteiger partial charge on any atom is -0.388 e. The number of nitrogen functional groups attached to an aromatic ring is 1. The summed E-state index contributed by atoms with van der Waals surface area (Å²) in [5.41, 5.74) is 8.20. The molecule has 5 N–H and O–H groups in total. The molecule has 2 aliphatic rings. The topological polar surface area (TPSA) is 166 Å². The summed E-state index contributed by atoms with van der Waals surface area (Å²) in [5.74, 6) is 0.323. The van der Waals surface area contributed by atoms with E-state index in [1.807, 2.05) is 0 Å². The lowest BCUT2D eigenvalue weighted by Crippen LogP contribution is -2.60. The lowest BCUT2D eigenvalue weighted by atomic mass is 9.97. The van der Waals surface area contributed by atoms with Gasteiger partial charge in [-0.2, -0.15) is 5.10 Å². The minimum atomic E-state index is -1.23. The van der Waals surface area contributed by atoms with Gasteiger partial charge in [-0.05, 0) is 18.9 Å². The monoisotopic (exact) mass is 428 g/mol. The Bertz CT molecular complexity index is 1120. The molecule has 0 bridgehead atoms. The van der Waals surface area contributed by atoms with Crippen LogP contribution in [0.5, 0.6) is 0 Å². The van der Waals surface area contributed by atoms with E-state index < -0.39 is 24.4 Å². The predicted octanol–water partition coefficient (Wildman–Crippen LogP) is -1.06. The van der Waals surface area contributed by atoms with Crippen LogP contribution in [-0.4, -0.2) is 76.4 Å². The molecule has 3 aromatic heterocycles. The van der Waals surface area contributed by atoms with Crippen LogP contribution in [0.2, 0.25) is 0 Å². The van der Waals surface area contributed by atoms with E-state index in [0.29, 0.717) is 22.8 Å². The van der Waals surface area contributed by atoms with Crippen molar-refractivity contribution in [3.05, 3.63) is 30.1 Å². The number of anilines is 1. The summed E-state index contributed by atoms with van der Waals surface area (Å²) in [7, 11) is 1.71. The number of rotatable bonds is 5. The molecule has 31 heavy (non-hydrogen) atoms. The van der Waals surface area contributed by atoms with Gasteiger partial charge in [-0.25, -0.2) is 15.0 Å². The molecule has 0 unspecified atom stereocenters. The fraction of sp³-hybridized carbons (Fsp3) is 0.526. The van der Waals surface area contributed by atoms with Crippen LogP contribution >= 0.6 is 0 Å². The molecule has 5 rings (SSSR count). The number of imidazole rings is 1. The van der Waals surface area contributed by atoms with Gasteiger partial charge < -0.3 is 30.6 Å². The zero-order valence-corrected chi connectivity index (χ0v) is 16.9. The summed E-state index contributed by atoms with van der Waals surface area (Å²) in [6, 6.07) is 1.02. The fourth-order valence-corrected chi connectivity index (χ4v) is 3.96. The molecule has 0 radical (unpaired) electrons. The summed E-state index contributed by atoms with van der Waals surface area (Å²) >= 11 is 0. The number of carbonyl (C=O) groups excluding carboxylic acids is 1. The predicted molar refractivity (Wildman–Crippen MR) is 108 cm³/mol. The number of aliphatic hydroxyl groups is 2. The highest BCUT2D eigenvalue weighted by Crippen LogP contribution is 2.39. The molecule has 0 spiro atoms. The molecular formula is C19H24N8O4. The Morgan fingerprint density at radius 2 is 2.10 bits per heavy atom. The van der Waals surface area contributed by atoms with E-state index >= 15 is 0 Å². The van der Waals surface area contributed by atoms with Crippen LogP contribution in [0.4, 0.5) is 5.82 Å². The largest absolute Gasteiger partial charge is 0.388 e. The maximum absolute atomic E-state index is 12.7. The molecule has 1 saturated carbocycles. The Morgan fingerprint density at radius 3 is 2.87 bits per heavy atom. The number of carbonyl (C=O) groups is 1. The summed E-state index contributed by atoms with van der Waals surface area (Å²) in [5, 5.41) is 28.4. The second-order valence-electron chi connectivity index (χ2n) is 8.11. The Morgan fingerprint density at radius 1 is 1.29 bits per heavy atom. The van der Waals surface area contributed by atoms with Gasteiger partial charge in [0.25, 0.3) is 5.91 Å². The summed E-state index contributed by atoms with van der Waals surface area (Å²) in [4.78, 5) is 24.9. The SMILES string of the molecule is Cn1nc(C2CC2)cc1C(=O)N[C@@H]1CO[C@H](Cn2cnc3ncnc(N)c32)[C@@H](O)[C@H]1O. The highest BCUT2D eigenvalue weighted by molar-refractivity contribution is 5.93. The highest BCUT2D eigenvalue weighted by atomic mass is 16.5. The number of fused-ring (bicyclic) bond motifs is 1. The number of hydrogen-bond acceptors (Lipinski definition) is 9.